The van der Waals surface area contributed by atoms with Crippen molar-refractivity contribution in [2.24, 2.45) is 0 Å². The predicted molar refractivity (Wildman–Crippen MR) is 130 cm³/mol. The highest BCUT2D eigenvalue weighted by molar-refractivity contribution is 8.00. The monoisotopic (exact) mass is 487 g/mol. The molecule has 3 heterocycles. The van der Waals surface area contributed by atoms with E-state index in [1.165, 1.54) is 46.5 Å². The van der Waals surface area contributed by atoms with Gasteiger partial charge >= 0.3 is 0 Å². The molecule has 0 aliphatic carbocycles. The van der Waals surface area contributed by atoms with Crippen LogP contribution in [-0.4, -0.2) is 70.1 Å². The minimum absolute atomic E-state index is 0.0735. The van der Waals surface area contributed by atoms with E-state index >= 15 is 0 Å². The van der Waals surface area contributed by atoms with Crippen LogP contribution in [0, 0.1) is 26.6 Å². The van der Waals surface area contributed by atoms with Gasteiger partial charge in [0.1, 0.15) is 21.5 Å². The summed E-state index contributed by atoms with van der Waals surface area (Å²) >= 11 is 3.13. The van der Waals surface area contributed by atoms with Crippen LogP contribution in [0.5, 0.6) is 0 Å². The number of hydrogen-bond acceptors (Lipinski definition) is 7. The van der Waals surface area contributed by atoms with Gasteiger partial charge in [-0.3, -0.25) is 14.5 Å². The second-order valence-electron chi connectivity index (χ2n) is 8.04. The van der Waals surface area contributed by atoms with Crippen LogP contribution >= 0.6 is 23.1 Å². The molecule has 3 aromatic rings. The van der Waals surface area contributed by atoms with Gasteiger partial charge in [-0.2, -0.15) is 0 Å². The van der Waals surface area contributed by atoms with E-state index in [2.05, 4.69) is 29.1 Å². The van der Waals surface area contributed by atoms with Crippen molar-refractivity contribution in [2.75, 3.05) is 43.8 Å². The number of amides is 2. The summed E-state index contributed by atoms with van der Waals surface area (Å²) in [6, 6.07) is 5.69. The average Bonchev–Trinajstić information content (AvgIpc) is 3.07. The van der Waals surface area contributed by atoms with Crippen LogP contribution in [0.4, 0.5) is 10.1 Å². The molecule has 4 rings (SSSR count). The second kappa shape index (κ2) is 10.1. The molecule has 0 spiro atoms. The molecular weight excluding hydrogens is 461 g/mol. The maximum Gasteiger partial charge on any atom is 0.238 e. The van der Waals surface area contributed by atoms with Crippen LogP contribution in [0.15, 0.2) is 29.3 Å². The van der Waals surface area contributed by atoms with Crippen LogP contribution < -0.4 is 5.32 Å². The van der Waals surface area contributed by atoms with E-state index in [0.29, 0.717) is 43.4 Å². The molecule has 33 heavy (non-hydrogen) atoms. The summed E-state index contributed by atoms with van der Waals surface area (Å²) in [6.45, 7) is 8.69. The lowest BCUT2D eigenvalue weighted by atomic mass is 10.2. The van der Waals surface area contributed by atoms with Gasteiger partial charge in [-0.15, -0.1) is 11.3 Å². The van der Waals surface area contributed by atoms with Crippen molar-refractivity contribution in [2.45, 2.75) is 25.8 Å². The lowest BCUT2D eigenvalue weighted by Crippen LogP contribution is -2.50. The molecule has 1 aliphatic heterocycles. The lowest BCUT2D eigenvalue weighted by molar-refractivity contribution is -0.130. The molecule has 1 aromatic carbocycles. The fourth-order valence-corrected chi connectivity index (χ4v) is 5.91. The third kappa shape index (κ3) is 5.69. The summed E-state index contributed by atoms with van der Waals surface area (Å²) in [4.78, 5) is 40.3. The molecule has 1 aliphatic rings. The molecule has 1 N–H and O–H groups in total. The van der Waals surface area contributed by atoms with Crippen LogP contribution in [0.25, 0.3) is 10.2 Å². The molecule has 7 nitrogen and oxygen atoms in total. The number of nitrogens with one attached hydrogen (secondary N) is 1. The number of carbonyl (C=O) groups excluding carboxylic acids is 2. The van der Waals surface area contributed by atoms with E-state index in [9.17, 15) is 14.0 Å². The Hall–Kier alpha value is -2.56. The number of aryl methyl sites for hydroxylation is 3. The van der Waals surface area contributed by atoms with Gasteiger partial charge in [-0.25, -0.2) is 14.4 Å². The maximum atomic E-state index is 13.0. The van der Waals surface area contributed by atoms with E-state index in [-0.39, 0.29) is 24.2 Å². The van der Waals surface area contributed by atoms with E-state index in [1.807, 2.05) is 16.7 Å². The number of carbonyl (C=O) groups is 2. The van der Waals surface area contributed by atoms with Crippen molar-refractivity contribution in [3.63, 3.8) is 0 Å². The van der Waals surface area contributed by atoms with Gasteiger partial charge < -0.3 is 10.2 Å². The number of hydrogen-bond donors (Lipinski definition) is 1. The molecule has 174 valence electrons. The lowest BCUT2D eigenvalue weighted by Gasteiger charge is -2.34. The van der Waals surface area contributed by atoms with E-state index in [1.54, 1.807) is 11.3 Å². The molecule has 0 atom stereocenters. The molecule has 0 saturated carbocycles. The van der Waals surface area contributed by atoms with Gasteiger partial charge in [0.25, 0.3) is 0 Å². The third-order valence-electron chi connectivity index (χ3n) is 5.66. The Morgan fingerprint density at radius 2 is 1.79 bits per heavy atom. The molecule has 1 fully saturated rings. The molecule has 1 saturated heterocycles. The molecule has 2 amide bonds. The Kier molecular flexibility index (Phi) is 7.26. The Balaban J connectivity index is 1.27. The topological polar surface area (TPSA) is 78.4 Å². The van der Waals surface area contributed by atoms with E-state index < -0.39 is 0 Å². The predicted octanol–water partition coefficient (Wildman–Crippen LogP) is 3.63. The fourth-order valence-electron chi connectivity index (χ4n) is 3.73. The van der Waals surface area contributed by atoms with Gasteiger partial charge in [0.05, 0.1) is 12.3 Å². The summed E-state index contributed by atoms with van der Waals surface area (Å²) in [6.07, 6.45) is 0. The largest absolute Gasteiger partial charge is 0.339 e. The van der Waals surface area contributed by atoms with Crippen molar-refractivity contribution in [3.05, 3.63) is 46.3 Å². The standard InChI is InChI=1S/C23H26FN5O2S2/c1-14-15(2)33-23-21(14)22(25-16(3)26-23)32-13-20(31)29-10-8-28(9-11-29)12-19(30)27-18-6-4-17(24)5-7-18/h4-7H,8-13H2,1-3H3,(H,27,30). The summed E-state index contributed by atoms with van der Waals surface area (Å²) in [7, 11) is 0. The first kappa shape index (κ1) is 23.6. The number of anilines is 1. The zero-order valence-corrected chi connectivity index (χ0v) is 20.5. The van der Waals surface area contributed by atoms with Gasteiger partial charge in [0, 0.05) is 42.1 Å². The number of thiophene rings is 1. The zero-order chi connectivity index (χ0) is 23.5. The SMILES string of the molecule is Cc1nc(SCC(=O)N2CCN(CC(=O)Nc3ccc(F)cc3)CC2)c2c(C)c(C)sc2n1. The summed E-state index contributed by atoms with van der Waals surface area (Å²) < 4.78 is 13.0. The molecule has 0 radical (unpaired) electrons. The van der Waals surface area contributed by atoms with Gasteiger partial charge in [0.2, 0.25) is 11.8 Å². The van der Waals surface area contributed by atoms with Crippen LogP contribution in [0.1, 0.15) is 16.3 Å². The Morgan fingerprint density at radius 1 is 1.09 bits per heavy atom. The smallest absolute Gasteiger partial charge is 0.238 e. The summed E-state index contributed by atoms with van der Waals surface area (Å²) in [5, 5.41) is 4.69. The van der Waals surface area contributed by atoms with Crippen molar-refractivity contribution < 1.29 is 14.0 Å². The van der Waals surface area contributed by atoms with Crippen molar-refractivity contribution in [1.82, 2.24) is 19.8 Å². The molecule has 2 aromatic heterocycles. The van der Waals surface area contributed by atoms with Crippen molar-refractivity contribution in [3.8, 4) is 0 Å². The highest BCUT2D eigenvalue weighted by Gasteiger charge is 2.23. The normalized spacial score (nSPS) is 14.6. The minimum Gasteiger partial charge on any atom is -0.339 e. The molecular formula is C23H26FN5O2S2. The molecule has 0 bridgehead atoms. The van der Waals surface area contributed by atoms with Gasteiger partial charge in [-0.1, -0.05) is 11.8 Å². The number of piperazine rings is 1. The maximum absolute atomic E-state index is 13.0. The summed E-state index contributed by atoms with van der Waals surface area (Å²) in [5.41, 5.74) is 1.75. The first-order chi connectivity index (χ1) is 15.8. The number of thioether (sulfide) groups is 1. The molecule has 0 unspecified atom stereocenters. The third-order valence-corrected chi connectivity index (χ3v) is 7.72. The minimum atomic E-state index is -0.341. The van der Waals surface area contributed by atoms with E-state index in [4.69, 9.17) is 0 Å². The molecule has 10 heteroatoms. The Bertz CT molecular complexity index is 1170. The number of fused-ring (bicyclic) bond motifs is 1. The number of aromatic nitrogens is 2. The van der Waals surface area contributed by atoms with Crippen LogP contribution in [0.3, 0.4) is 0 Å². The van der Waals surface area contributed by atoms with Crippen LogP contribution in [0.2, 0.25) is 0 Å². The number of rotatable bonds is 6. The Morgan fingerprint density at radius 3 is 2.48 bits per heavy atom. The highest BCUT2D eigenvalue weighted by Crippen LogP contribution is 2.35. The number of nitrogens with zero attached hydrogens (tertiary/aromatic N) is 4. The fraction of sp³-hybridized carbons (Fsp3) is 0.391. The first-order valence-electron chi connectivity index (χ1n) is 10.7. The van der Waals surface area contributed by atoms with Gasteiger partial charge in [0.15, 0.2) is 0 Å². The van der Waals surface area contributed by atoms with Crippen molar-refractivity contribution in [1.29, 1.82) is 0 Å². The highest BCUT2D eigenvalue weighted by atomic mass is 32.2. The van der Waals surface area contributed by atoms with Gasteiger partial charge in [-0.05, 0) is 50.6 Å². The van der Waals surface area contributed by atoms with Crippen LogP contribution in [-0.2, 0) is 9.59 Å². The number of halogens is 1. The van der Waals surface area contributed by atoms with E-state index in [0.717, 1.165) is 15.2 Å². The second-order valence-corrected chi connectivity index (χ2v) is 10.2. The van der Waals surface area contributed by atoms with Crippen molar-refractivity contribution >= 4 is 50.8 Å². The zero-order valence-electron chi connectivity index (χ0n) is 18.9. The first-order valence-corrected chi connectivity index (χ1v) is 12.5. The number of benzene rings is 1. The Labute approximate surface area is 200 Å². The quantitative estimate of drug-likeness (QED) is 0.423. The average molecular weight is 488 g/mol. The summed E-state index contributed by atoms with van der Waals surface area (Å²) in [5.74, 6) is 0.620.